The molecule has 1 heterocycles. The van der Waals surface area contributed by atoms with Crippen molar-refractivity contribution in [3.05, 3.63) is 18.0 Å². The maximum atomic E-state index is 9.20. The van der Waals surface area contributed by atoms with E-state index < -0.39 is 5.54 Å². The van der Waals surface area contributed by atoms with Crippen LogP contribution in [0.15, 0.2) is 12.3 Å². The van der Waals surface area contributed by atoms with Gasteiger partial charge in [-0.2, -0.15) is 10.4 Å². The van der Waals surface area contributed by atoms with Crippen LogP contribution in [0.1, 0.15) is 31.9 Å². The van der Waals surface area contributed by atoms with Crippen molar-refractivity contribution in [2.75, 3.05) is 0 Å². The summed E-state index contributed by atoms with van der Waals surface area (Å²) in [4.78, 5) is 0. The van der Waals surface area contributed by atoms with E-state index in [1.54, 1.807) is 0 Å². The minimum absolute atomic E-state index is 0.416. The van der Waals surface area contributed by atoms with Crippen molar-refractivity contribution >= 4 is 0 Å². The molecule has 4 nitrogen and oxygen atoms in total. The first-order valence-corrected chi connectivity index (χ1v) is 5.80. The Kier molecular flexibility index (Phi) is 2.97. The fourth-order valence-corrected chi connectivity index (χ4v) is 1.76. The first-order chi connectivity index (χ1) is 7.61. The number of nitrogens with zero attached hydrogens (tertiary/aromatic N) is 3. The zero-order valence-electron chi connectivity index (χ0n) is 9.90. The van der Waals surface area contributed by atoms with Gasteiger partial charge in [0.1, 0.15) is 5.54 Å². The highest BCUT2D eigenvalue weighted by Crippen LogP contribution is 2.23. The second-order valence-electron chi connectivity index (χ2n) is 4.83. The number of hydrogen-bond donors (Lipinski definition) is 1. The van der Waals surface area contributed by atoms with Crippen molar-refractivity contribution in [3.63, 3.8) is 0 Å². The fourth-order valence-electron chi connectivity index (χ4n) is 1.76. The molecule has 1 aliphatic carbocycles. The topological polar surface area (TPSA) is 53.6 Å². The fraction of sp³-hybridized carbons (Fsp3) is 0.667. The minimum Gasteiger partial charge on any atom is -0.297 e. The molecular formula is C12H18N4. The normalized spacial score (nSPS) is 19.1. The summed E-state index contributed by atoms with van der Waals surface area (Å²) in [6.45, 7) is 4.74. The van der Waals surface area contributed by atoms with Gasteiger partial charge in [0, 0.05) is 18.8 Å². The summed E-state index contributed by atoms with van der Waals surface area (Å²) in [6, 6.07) is 4.92. The van der Waals surface area contributed by atoms with Crippen LogP contribution in [0.3, 0.4) is 0 Å². The summed E-state index contributed by atoms with van der Waals surface area (Å²) in [5, 5.41) is 16.9. The lowest BCUT2D eigenvalue weighted by atomic mass is 10.00. The smallest absolute Gasteiger partial charge is 0.105 e. The summed E-state index contributed by atoms with van der Waals surface area (Å²) in [5.74, 6) is 0. The van der Waals surface area contributed by atoms with E-state index in [9.17, 15) is 5.26 Å². The van der Waals surface area contributed by atoms with E-state index in [0.29, 0.717) is 6.04 Å². The molecule has 1 saturated carbocycles. The average Bonchev–Trinajstić information content (AvgIpc) is 2.97. The molecule has 0 aliphatic heterocycles. The first kappa shape index (κ1) is 11.2. The van der Waals surface area contributed by atoms with Gasteiger partial charge >= 0.3 is 0 Å². The minimum atomic E-state index is -0.416. The predicted octanol–water partition coefficient (Wildman–Crippen LogP) is 1.62. The number of rotatable bonds is 5. The van der Waals surface area contributed by atoms with Crippen molar-refractivity contribution in [2.45, 2.75) is 51.2 Å². The maximum absolute atomic E-state index is 9.20. The monoisotopic (exact) mass is 218 g/mol. The Morgan fingerprint density at radius 2 is 2.44 bits per heavy atom. The zero-order valence-corrected chi connectivity index (χ0v) is 9.90. The van der Waals surface area contributed by atoms with Crippen LogP contribution < -0.4 is 5.32 Å². The summed E-state index contributed by atoms with van der Waals surface area (Å²) in [5.41, 5.74) is 0.606. The molecule has 1 atom stereocenters. The van der Waals surface area contributed by atoms with Gasteiger partial charge in [0.25, 0.3) is 0 Å². The number of nitriles is 1. The Morgan fingerprint density at radius 1 is 1.69 bits per heavy atom. The summed E-state index contributed by atoms with van der Waals surface area (Å²) >= 11 is 0. The molecule has 0 bridgehead atoms. The Bertz CT molecular complexity index is 399. The molecule has 0 aromatic carbocycles. The second-order valence-corrected chi connectivity index (χ2v) is 4.83. The van der Waals surface area contributed by atoms with Gasteiger partial charge in [-0.05, 0) is 39.2 Å². The summed E-state index contributed by atoms with van der Waals surface area (Å²) < 4.78 is 1.90. The first-order valence-electron chi connectivity index (χ1n) is 5.80. The number of hydrogen-bond acceptors (Lipinski definition) is 3. The van der Waals surface area contributed by atoms with Crippen molar-refractivity contribution < 1.29 is 0 Å². The van der Waals surface area contributed by atoms with E-state index in [1.165, 1.54) is 12.8 Å². The molecule has 1 aromatic heterocycles. The van der Waals surface area contributed by atoms with Gasteiger partial charge in [-0.15, -0.1) is 0 Å². The third-order valence-electron chi connectivity index (χ3n) is 2.96. The van der Waals surface area contributed by atoms with E-state index in [2.05, 4.69) is 16.5 Å². The molecule has 4 heteroatoms. The van der Waals surface area contributed by atoms with E-state index in [-0.39, 0.29) is 0 Å². The third kappa shape index (κ3) is 2.83. The van der Waals surface area contributed by atoms with E-state index in [1.807, 2.05) is 30.8 Å². The van der Waals surface area contributed by atoms with Gasteiger partial charge in [0.2, 0.25) is 0 Å². The van der Waals surface area contributed by atoms with Gasteiger partial charge in [-0.3, -0.25) is 10.00 Å². The SMILES string of the molecule is Cc1ccn(CCC(C)(C#N)NC2CC2)n1. The molecule has 0 spiro atoms. The number of aromatic nitrogens is 2. The maximum Gasteiger partial charge on any atom is 0.105 e. The van der Waals surface area contributed by atoms with Crippen molar-refractivity contribution in [1.82, 2.24) is 15.1 Å². The van der Waals surface area contributed by atoms with Crippen LogP contribution in [-0.2, 0) is 6.54 Å². The molecule has 0 amide bonds. The van der Waals surface area contributed by atoms with Crippen LogP contribution in [-0.4, -0.2) is 21.4 Å². The Balaban J connectivity index is 1.89. The van der Waals surface area contributed by atoms with Crippen LogP contribution in [0.5, 0.6) is 0 Å². The van der Waals surface area contributed by atoms with Crippen molar-refractivity contribution in [2.24, 2.45) is 0 Å². The molecule has 1 N–H and O–H groups in total. The molecular weight excluding hydrogens is 200 g/mol. The van der Waals surface area contributed by atoms with Gasteiger partial charge in [-0.1, -0.05) is 0 Å². The van der Waals surface area contributed by atoms with Gasteiger partial charge < -0.3 is 0 Å². The molecule has 2 rings (SSSR count). The van der Waals surface area contributed by atoms with Gasteiger partial charge in [-0.25, -0.2) is 0 Å². The quantitative estimate of drug-likeness (QED) is 0.817. The zero-order chi connectivity index (χ0) is 11.6. The van der Waals surface area contributed by atoms with Crippen LogP contribution in [0.25, 0.3) is 0 Å². The number of nitrogens with one attached hydrogen (secondary N) is 1. The predicted molar refractivity (Wildman–Crippen MR) is 61.8 cm³/mol. The Morgan fingerprint density at radius 3 is 2.94 bits per heavy atom. The molecule has 0 radical (unpaired) electrons. The van der Waals surface area contributed by atoms with Crippen molar-refractivity contribution in [3.8, 4) is 6.07 Å². The van der Waals surface area contributed by atoms with Crippen molar-refractivity contribution in [1.29, 1.82) is 5.26 Å². The van der Waals surface area contributed by atoms with E-state index in [4.69, 9.17) is 0 Å². The highest BCUT2D eigenvalue weighted by Gasteiger charge is 2.32. The van der Waals surface area contributed by atoms with Gasteiger partial charge in [0.15, 0.2) is 0 Å². The Hall–Kier alpha value is -1.34. The third-order valence-corrected chi connectivity index (χ3v) is 2.96. The highest BCUT2D eigenvalue weighted by molar-refractivity contribution is 5.07. The summed E-state index contributed by atoms with van der Waals surface area (Å²) in [6.07, 6.45) is 5.17. The van der Waals surface area contributed by atoms with Crippen LogP contribution in [0, 0.1) is 18.3 Å². The molecule has 1 fully saturated rings. The lowest BCUT2D eigenvalue weighted by Gasteiger charge is -2.23. The molecule has 16 heavy (non-hydrogen) atoms. The van der Waals surface area contributed by atoms with Crippen LogP contribution >= 0.6 is 0 Å². The lowest BCUT2D eigenvalue weighted by Crippen LogP contribution is -2.43. The largest absolute Gasteiger partial charge is 0.297 e. The average molecular weight is 218 g/mol. The molecule has 0 saturated heterocycles. The van der Waals surface area contributed by atoms with E-state index >= 15 is 0 Å². The lowest BCUT2D eigenvalue weighted by molar-refractivity contribution is 0.379. The standard InChI is InChI=1S/C12H18N4/c1-10-5-7-16(15-10)8-6-12(2,9-13)14-11-3-4-11/h5,7,11,14H,3-4,6,8H2,1-2H3. The highest BCUT2D eigenvalue weighted by atomic mass is 15.3. The molecule has 1 aliphatic rings. The summed E-state index contributed by atoms with van der Waals surface area (Å²) in [7, 11) is 0. The Labute approximate surface area is 96.3 Å². The molecule has 1 aromatic rings. The number of aryl methyl sites for hydroxylation is 2. The van der Waals surface area contributed by atoms with Crippen LogP contribution in [0.4, 0.5) is 0 Å². The van der Waals surface area contributed by atoms with E-state index in [0.717, 1.165) is 18.7 Å². The van der Waals surface area contributed by atoms with Crippen LogP contribution in [0.2, 0.25) is 0 Å². The van der Waals surface area contributed by atoms with Gasteiger partial charge in [0.05, 0.1) is 11.8 Å². The second kappa shape index (κ2) is 4.26. The molecule has 1 unspecified atom stereocenters. The molecule has 86 valence electrons.